The Hall–Kier alpha value is -0.340. The third kappa shape index (κ3) is 7.89. The van der Waals surface area contributed by atoms with Gasteiger partial charge in [-0.2, -0.15) is 0 Å². The molecule has 0 aliphatic rings. The zero-order valence-electron chi connectivity index (χ0n) is 11.5. The van der Waals surface area contributed by atoms with Gasteiger partial charge in [-0.05, 0) is 30.1 Å². The summed E-state index contributed by atoms with van der Waals surface area (Å²) in [5, 5.41) is 17.9. The van der Waals surface area contributed by atoms with Gasteiger partial charge in [-0.25, -0.2) is 0 Å². The van der Waals surface area contributed by atoms with E-state index in [2.05, 4.69) is 34.6 Å². The second-order valence-corrected chi connectivity index (χ2v) is 6.60. The molecule has 0 unspecified atom stereocenters. The Kier molecular flexibility index (Phi) is 6.27. The molecule has 96 valence electrons. The molecule has 0 heterocycles. The van der Waals surface area contributed by atoms with Gasteiger partial charge in [0.05, 0.1) is 6.61 Å². The predicted octanol–water partition coefficient (Wildman–Crippen LogP) is 3.14. The zero-order valence-corrected chi connectivity index (χ0v) is 11.5. The minimum atomic E-state index is 0.0704. The van der Waals surface area contributed by atoms with Crippen LogP contribution in [0.25, 0.3) is 0 Å². The van der Waals surface area contributed by atoms with Gasteiger partial charge < -0.3 is 10.2 Å². The average molecular weight is 228 g/mol. The highest BCUT2D eigenvalue weighted by Gasteiger charge is 2.26. The van der Waals surface area contributed by atoms with Crippen LogP contribution in [0.2, 0.25) is 0 Å². The van der Waals surface area contributed by atoms with Crippen LogP contribution in [0.4, 0.5) is 0 Å². The highest BCUT2D eigenvalue weighted by Crippen LogP contribution is 2.38. The number of aliphatic hydroxyl groups excluding tert-OH is 2. The van der Waals surface area contributed by atoms with Crippen molar-refractivity contribution >= 4 is 0 Å². The van der Waals surface area contributed by atoms with E-state index in [-0.39, 0.29) is 18.6 Å². The van der Waals surface area contributed by atoms with Gasteiger partial charge >= 0.3 is 0 Å². The van der Waals surface area contributed by atoms with E-state index in [4.69, 9.17) is 10.2 Å². The van der Waals surface area contributed by atoms with Crippen LogP contribution in [-0.2, 0) is 0 Å². The lowest BCUT2D eigenvalue weighted by atomic mass is 9.72. The maximum absolute atomic E-state index is 8.97. The summed E-state index contributed by atoms with van der Waals surface area (Å²) in [6, 6.07) is 0. The summed E-state index contributed by atoms with van der Waals surface area (Å²) in [6.45, 7) is 11.5. The van der Waals surface area contributed by atoms with Crippen LogP contribution in [0.5, 0.6) is 0 Å². The van der Waals surface area contributed by atoms with Gasteiger partial charge in [0.15, 0.2) is 0 Å². The van der Waals surface area contributed by atoms with Crippen LogP contribution < -0.4 is 0 Å². The molecule has 0 saturated carbocycles. The first kappa shape index (κ1) is 15.7. The van der Waals surface area contributed by atoms with Crippen LogP contribution in [0.15, 0.2) is 11.6 Å². The Labute approximate surface area is 100 Å². The molecule has 0 rings (SSSR count). The van der Waals surface area contributed by atoms with E-state index in [1.807, 2.05) is 6.08 Å². The van der Waals surface area contributed by atoms with E-state index >= 15 is 0 Å². The Bertz CT molecular complexity index is 221. The van der Waals surface area contributed by atoms with Crippen molar-refractivity contribution in [2.45, 2.75) is 53.9 Å². The van der Waals surface area contributed by atoms with Gasteiger partial charge in [0.1, 0.15) is 0 Å². The summed E-state index contributed by atoms with van der Waals surface area (Å²) in [6.07, 6.45) is 4.59. The molecule has 0 amide bonds. The van der Waals surface area contributed by atoms with Crippen molar-refractivity contribution in [1.82, 2.24) is 0 Å². The Morgan fingerprint density at radius 3 is 2.00 bits per heavy atom. The van der Waals surface area contributed by atoms with E-state index < -0.39 is 0 Å². The van der Waals surface area contributed by atoms with Crippen LogP contribution in [0.1, 0.15) is 53.9 Å². The second kappa shape index (κ2) is 6.41. The Morgan fingerprint density at radius 2 is 1.62 bits per heavy atom. The first-order valence-electron chi connectivity index (χ1n) is 6.10. The van der Waals surface area contributed by atoms with E-state index in [9.17, 15) is 0 Å². The molecule has 0 aromatic heterocycles. The van der Waals surface area contributed by atoms with Crippen molar-refractivity contribution in [2.75, 3.05) is 13.2 Å². The fourth-order valence-electron chi connectivity index (χ4n) is 2.65. The lowest BCUT2D eigenvalue weighted by Crippen LogP contribution is -2.21. The molecule has 0 spiro atoms. The number of rotatable bonds is 6. The van der Waals surface area contributed by atoms with Gasteiger partial charge in [0.25, 0.3) is 0 Å². The van der Waals surface area contributed by atoms with Gasteiger partial charge in [-0.15, -0.1) is 0 Å². The smallest absolute Gasteiger partial charge is 0.0615 e. The molecule has 0 atom stereocenters. The summed E-state index contributed by atoms with van der Waals surface area (Å²) >= 11 is 0. The van der Waals surface area contributed by atoms with Crippen LogP contribution in [-0.4, -0.2) is 23.4 Å². The fraction of sp³-hybridized carbons (Fsp3) is 0.857. The monoisotopic (exact) mass is 228 g/mol. The fourth-order valence-corrected chi connectivity index (χ4v) is 2.65. The minimum Gasteiger partial charge on any atom is -0.396 e. The molecule has 0 aromatic carbocycles. The summed E-state index contributed by atoms with van der Waals surface area (Å²) in [4.78, 5) is 0. The molecule has 0 bridgehead atoms. The summed E-state index contributed by atoms with van der Waals surface area (Å²) in [5.41, 5.74) is 1.70. The molecule has 0 aliphatic heterocycles. The molecule has 2 nitrogen and oxygen atoms in total. The third-order valence-electron chi connectivity index (χ3n) is 2.53. The number of hydrogen-bond acceptors (Lipinski definition) is 2. The van der Waals surface area contributed by atoms with E-state index in [0.29, 0.717) is 11.8 Å². The molecule has 0 saturated heterocycles. The van der Waals surface area contributed by atoms with Crippen molar-refractivity contribution in [3.63, 3.8) is 0 Å². The summed E-state index contributed by atoms with van der Waals surface area (Å²) in [7, 11) is 0. The molecule has 16 heavy (non-hydrogen) atoms. The molecule has 0 aliphatic carbocycles. The maximum Gasteiger partial charge on any atom is 0.0615 e. The maximum atomic E-state index is 8.97. The van der Waals surface area contributed by atoms with Gasteiger partial charge in [0, 0.05) is 6.61 Å². The Balaban J connectivity index is 4.47. The standard InChI is InChI=1S/C14H28O2/c1-13(2,3)11-14(4,5)10-12(6-8-15)7-9-16/h6,15-16H,7-11H2,1-5H3/b12-6+. The second-order valence-electron chi connectivity index (χ2n) is 6.60. The predicted molar refractivity (Wildman–Crippen MR) is 69.3 cm³/mol. The lowest BCUT2D eigenvalue weighted by Gasteiger charge is -2.33. The highest BCUT2D eigenvalue weighted by molar-refractivity contribution is 5.05. The van der Waals surface area contributed by atoms with E-state index in [1.54, 1.807) is 0 Å². The number of hydrogen-bond donors (Lipinski definition) is 2. The molecular weight excluding hydrogens is 200 g/mol. The topological polar surface area (TPSA) is 40.5 Å². The first-order chi connectivity index (χ1) is 7.20. The molecule has 2 N–H and O–H groups in total. The SMILES string of the molecule is CC(C)(C)CC(C)(C)C/C(=C/CO)CCO. The third-order valence-corrected chi connectivity index (χ3v) is 2.53. The van der Waals surface area contributed by atoms with Crippen LogP contribution in [0, 0.1) is 10.8 Å². The number of aliphatic hydroxyl groups is 2. The van der Waals surface area contributed by atoms with E-state index in [0.717, 1.165) is 12.8 Å². The van der Waals surface area contributed by atoms with Gasteiger partial charge in [-0.1, -0.05) is 46.3 Å². The van der Waals surface area contributed by atoms with Crippen molar-refractivity contribution < 1.29 is 10.2 Å². The van der Waals surface area contributed by atoms with Crippen LogP contribution >= 0.6 is 0 Å². The largest absolute Gasteiger partial charge is 0.396 e. The van der Waals surface area contributed by atoms with Crippen LogP contribution in [0.3, 0.4) is 0 Å². The summed E-state index contributed by atoms with van der Waals surface area (Å²) < 4.78 is 0. The van der Waals surface area contributed by atoms with E-state index in [1.165, 1.54) is 5.57 Å². The zero-order chi connectivity index (χ0) is 12.8. The quantitative estimate of drug-likeness (QED) is 0.686. The van der Waals surface area contributed by atoms with Crippen molar-refractivity contribution in [2.24, 2.45) is 10.8 Å². The van der Waals surface area contributed by atoms with Crippen molar-refractivity contribution in [3.05, 3.63) is 11.6 Å². The molecule has 2 heteroatoms. The highest BCUT2D eigenvalue weighted by atomic mass is 16.3. The molecule has 0 radical (unpaired) electrons. The molecule has 0 fully saturated rings. The first-order valence-corrected chi connectivity index (χ1v) is 6.10. The molecule has 0 aromatic rings. The average Bonchev–Trinajstić information content (AvgIpc) is 1.98. The summed E-state index contributed by atoms with van der Waals surface area (Å²) in [5.74, 6) is 0. The normalized spacial score (nSPS) is 14.3. The van der Waals surface area contributed by atoms with Crippen molar-refractivity contribution in [3.8, 4) is 0 Å². The minimum absolute atomic E-state index is 0.0704. The van der Waals surface area contributed by atoms with Crippen molar-refractivity contribution in [1.29, 1.82) is 0 Å². The van der Waals surface area contributed by atoms with Gasteiger partial charge in [0.2, 0.25) is 0 Å². The lowest BCUT2D eigenvalue weighted by molar-refractivity contribution is 0.206. The molecular formula is C14H28O2. The Morgan fingerprint density at radius 1 is 1.06 bits per heavy atom. The van der Waals surface area contributed by atoms with Gasteiger partial charge in [-0.3, -0.25) is 0 Å².